The number of carbonyl (C=O) groups is 1. The van der Waals surface area contributed by atoms with Gasteiger partial charge in [0.15, 0.2) is 7.14 Å². The van der Waals surface area contributed by atoms with Crippen molar-refractivity contribution >= 4 is 18.0 Å². The summed E-state index contributed by atoms with van der Waals surface area (Å²) < 4.78 is 13.9. The third kappa shape index (κ3) is 3.64. The summed E-state index contributed by atoms with van der Waals surface area (Å²) in [6.45, 7) is 9.98. The first-order valence-electron chi connectivity index (χ1n) is 8.03. The molecule has 1 atom stereocenters. The van der Waals surface area contributed by atoms with Crippen LogP contribution in [0.1, 0.15) is 40.9 Å². The van der Waals surface area contributed by atoms with Crippen LogP contribution in [0.15, 0.2) is 42.5 Å². The molecular weight excluding hydrogens is 303 g/mol. The van der Waals surface area contributed by atoms with Crippen molar-refractivity contribution in [3.63, 3.8) is 0 Å². The van der Waals surface area contributed by atoms with Gasteiger partial charge in [-0.25, -0.2) is 0 Å². The highest BCUT2D eigenvalue weighted by Crippen LogP contribution is 2.51. The van der Waals surface area contributed by atoms with Gasteiger partial charge >= 0.3 is 0 Å². The van der Waals surface area contributed by atoms with Crippen LogP contribution in [-0.2, 0) is 4.57 Å². The highest BCUT2D eigenvalue weighted by atomic mass is 31.2. The van der Waals surface area contributed by atoms with Gasteiger partial charge in [0.1, 0.15) is 0 Å². The maximum Gasteiger partial charge on any atom is 0.225 e. The minimum atomic E-state index is -3.17. The van der Waals surface area contributed by atoms with Crippen molar-refractivity contribution in [3.05, 3.63) is 64.7 Å². The summed E-state index contributed by atoms with van der Waals surface area (Å²) >= 11 is 0. The quantitative estimate of drug-likeness (QED) is 0.716. The molecular formula is C20H25O2P. The molecule has 23 heavy (non-hydrogen) atoms. The standard InChI is InChI=1S/C20H25O2P/c1-14(2)13-23(22,20(21)18-9-7-6-8-10-18)19-16(4)11-15(3)12-17(19)5/h6-12,14H,13H2,1-5H3. The van der Waals surface area contributed by atoms with E-state index in [4.69, 9.17) is 0 Å². The second-order valence-electron chi connectivity index (χ2n) is 6.73. The number of rotatable bonds is 5. The molecule has 3 heteroatoms. The van der Waals surface area contributed by atoms with Crippen molar-refractivity contribution in [1.82, 2.24) is 0 Å². The number of carbonyl (C=O) groups excluding carboxylic acids is 1. The highest BCUT2D eigenvalue weighted by Gasteiger charge is 2.37. The summed E-state index contributed by atoms with van der Waals surface area (Å²) in [7, 11) is -3.17. The minimum Gasteiger partial charge on any atom is -0.310 e. The van der Waals surface area contributed by atoms with Gasteiger partial charge in [-0.1, -0.05) is 61.9 Å². The Bertz CT molecular complexity index is 737. The van der Waals surface area contributed by atoms with Crippen LogP contribution in [0.2, 0.25) is 0 Å². The fourth-order valence-electron chi connectivity index (χ4n) is 3.32. The molecule has 2 aromatic carbocycles. The van der Waals surface area contributed by atoms with E-state index < -0.39 is 7.14 Å². The van der Waals surface area contributed by atoms with Gasteiger partial charge in [-0.2, -0.15) is 0 Å². The second kappa shape index (κ2) is 6.84. The zero-order valence-electron chi connectivity index (χ0n) is 14.6. The van der Waals surface area contributed by atoms with Crippen LogP contribution in [-0.4, -0.2) is 11.7 Å². The molecule has 0 saturated carbocycles. The third-order valence-corrected chi connectivity index (χ3v) is 7.55. The Balaban J connectivity index is 2.66. The van der Waals surface area contributed by atoms with Gasteiger partial charge < -0.3 is 4.57 Å². The first-order chi connectivity index (χ1) is 10.8. The van der Waals surface area contributed by atoms with E-state index in [0.29, 0.717) is 11.7 Å². The van der Waals surface area contributed by atoms with Gasteiger partial charge in [-0.05, 0) is 37.8 Å². The lowest BCUT2D eigenvalue weighted by Crippen LogP contribution is -2.23. The zero-order valence-corrected chi connectivity index (χ0v) is 15.5. The van der Waals surface area contributed by atoms with E-state index in [1.54, 1.807) is 12.1 Å². The Morgan fingerprint density at radius 1 is 1.00 bits per heavy atom. The summed E-state index contributed by atoms with van der Waals surface area (Å²) in [5, 5.41) is 0.755. The largest absolute Gasteiger partial charge is 0.310 e. The van der Waals surface area contributed by atoms with Crippen LogP contribution < -0.4 is 5.30 Å². The molecule has 2 aromatic rings. The minimum absolute atomic E-state index is 0.189. The predicted octanol–water partition coefficient (Wildman–Crippen LogP) is 5.10. The fourth-order valence-corrected chi connectivity index (χ4v) is 6.74. The second-order valence-corrected chi connectivity index (χ2v) is 9.43. The molecule has 0 aliphatic carbocycles. The monoisotopic (exact) mass is 328 g/mol. The maximum absolute atomic E-state index is 13.9. The van der Waals surface area contributed by atoms with E-state index in [2.05, 4.69) is 0 Å². The average Bonchev–Trinajstić information content (AvgIpc) is 2.45. The SMILES string of the molecule is Cc1cc(C)c(P(=O)(CC(C)C)C(=O)c2ccccc2)c(C)c1. The predicted molar refractivity (Wildman–Crippen MR) is 98.4 cm³/mol. The number of aryl methyl sites for hydroxylation is 3. The van der Waals surface area contributed by atoms with Crippen LogP contribution >= 0.6 is 7.14 Å². The number of benzene rings is 2. The van der Waals surface area contributed by atoms with Gasteiger partial charge in [0, 0.05) is 17.0 Å². The van der Waals surface area contributed by atoms with Gasteiger partial charge in [0.05, 0.1) is 0 Å². The molecule has 2 nitrogen and oxygen atoms in total. The normalized spacial score (nSPS) is 13.8. The van der Waals surface area contributed by atoms with Crippen molar-refractivity contribution in [3.8, 4) is 0 Å². The molecule has 0 radical (unpaired) electrons. The molecule has 122 valence electrons. The van der Waals surface area contributed by atoms with Crippen LogP contribution in [0, 0.1) is 26.7 Å². The van der Waals surface area contributed by atoms with Crippen molar-refractivity contribution in [2.45, 2.75) is 34.6 Å². The number of hydrogen-bond donors (Lipinski definition) is 0. The van der Waals surface area contributed by atoms with Crippen molar-refractivity contribution in [1.29, 1.82) is 0 Å². The smallest absolute Gasteiger partial charge is 0.225 e. The molecule has 0 heterocycles. The summed E-state index contributed by atoms with van der Waals surface area (Å²) in [6.07, 6.45) is 0.408. The van der Waals surface area contributed by atoms with Gasteiger partial charge in [-0.3, -0.25) is 4.79 Å². The van der Waals surface area contributed by atoms with E-state index in [-0.39, 0.29) is 11.4 Å². The lowest BCUT2D eigenvalue weighted by molar-refractivity contribution is 0.107. The summed E-state index contributed by atoms with van der Waals surface area (Å²) in [5.74, 6) is 0.189. The van der Waals surface area contributed by atoms with Crippen LogP contribution in [0.4, 0.5) is 0 Å². The lowest BCUT2D eigenvalue weighted by atomic mass is 10.1. The van der Waals surface area contributed by atoms with E-state index in [9.17, 15) is 9.36 Å². The number of hydrogen-bond acceptors (Lipinski definition) is 2. The molecule has 1 unspecified atom stereocenters. The molecule has 0 amide bonds. The lowest BCUT2D eigenvalue weighted by Gasteiger charge is -2.23. The highest BCUT2D eigenvalue weighted by molar-refractivity contribution is 7.87. The summed E-state index contributed by atoms with van der Waals surface area (Å²) in [4.78, 5) is 13.1. The molecule has 0 spiro atoms. The van der Waals surface area contributed by atoms with Crippen molar-refractivity contribution in [2.75, 3.05) is 6.16 Å². The Morgan fingerprint density at radius 2 is 1.52 bits per heavy atom. The Hall–Kier alpha value is -1.66. The van der Waals surface area contributed by atoms with Crippen LogP contribution in [0.5, 0.6) is 0 Å². The van der Waals surface area contributed by atoms with E-state index in [1.807, 2.05) is 65.0 Å². The molecule has 2 rings (SSSR count). The van der Waals surface area contributed by atoms with E-state index in [1.165, 1.54) is 0 Å². The molecule has 0 N–H and O–H groups in total. The Morgan fingerprint density at radius 3 is 2.00 bits per heavy atom. The topological polar surface area (TPSA) is 34.1 Å². The maximum atomic E-state index is 13.9. The van der Waals surface area contributed by atoms with Gasteiger partial charge in [0.25, 0.3) is 0 Å². The first-order valence-corrected chi connectivity index (χ1v) is 9.92. The average molecular weight is 328 g/mol. The van der Waals surface area contributed by atoms with E-state index >= 15 is 0 Å². The molecule has 0 aromatic heterocycles. The molecule has 0 bridgehead atoms. The fraction of sp³-hybridized carbons (Fsp3) is 0.350. The van der Waals surface area contributed by atoms with Crippen molar-refractivity contribution < 1.29 is 9.36 Å². The van der Waals surface area contributed by atoms with Gasteiger partial charge in [-0.15, -0.1) is 0 Å². The summed E-state index contributed by atoms with van der Waals surface area (Å²) in [5.41, 5.74) is 3.36. The molecule has 0 fully saturated rings. The van der Waals surface area contributed by atoms with Crippen LogP contribution in [0.3, 0.4) is 0 Å². The molecule has 0 aliphatic heterocycles. The molecule has 0 saturated heterocycles. The summed E-state index contributed by atoms with van der Waals surface area (Å²) in [6, 6.07) is 13.1. The van der Waals surface area contributed by atoms with Gasteiger partial charge in [0.2, 0.25) is 5.52 Å². The zero-order chi connectivity index (χ0) is 17.2. The Labute approximate surface area is 139 Å². The first kappa shape index (κ1) is 17.7. The van der Waals surface area contributed by atoms with E-state index in [0.717, 1.165) is 22.0 Å². The Kier molecular flexibility index (Phi) is 5.26. The van der Waals surface area contributed by atoms with Crippen LogP contribution in [0.25, 0.3) is 0 Å². The molecule has 0 aliphatic rings. The third-order valence-electron chi connectivity index (χ3n) is 3.97. The van der Waals surface area contributed by atoms with Crippen molar-refractivity contribution in [2.24, 2.45) is 5.92 Å².